The molecule has 0 aromatic carbocycles. The summed E-state index contributed by atoms with van der Waals surface area (Å²) in [5.74, 6) is -1.03. The number of hydrogen-bond acceptors (Lipinski definition) is 4. The van der Waals surface area contributed by atoms with E-state index >= 15 is 0 Å². The number of aliphatic hydroxyl groups is 1. The quantitative estimate of drug-likeness (QED) is 0.264. The summed E-state index contributed by atoms with van der Waals surface area (Å²) >= 11 is 0. The molecule has 1 aliphatic heterocycles. The molecule has 0 aromatic rings. The van der Waals surface area contributed by atoms with Crippen molar-refractivity contribution in [3.05, 3.63) is 0 Å². The van der Waals surface area contributed by atoms with Crippen molar-refractivity contribution in [2.45, 2.75) is 12.0 Å². The van der Waals surface area contributed by atoms with Gasteiger partial charge in [-0.2, -0.15) is 0 Å². The smallest absolute Gasteiger partial charge is 0.199 e. The van der Waals surface area contributed by atoms with Crippen LogP contribution in [-0.4, -0.2) is 23.7 Å². The fourth-order valence-corrected chi connectivity index (χ4v) is 0.392. The molecule has 42 valence electrons. The standard InChI is InChI=1S/C3H8N2O2/c4-3(5)2(1-6)7-3/h2,6H,1,4-5H2. The molecule has 1 rings (SSSR count). The molecule has 0 saturated carbocycles. The molecule has 0 radical (unpaired) electrons. The number of ether oxygens (including phenoxy) is 1. The number of aliphatic hydroxyl groups excluding tert-OH is 1. The molecule has 0 aliphatic carbocycles. The zero-order valence-corrected chi connectivity index (χ0v) is 3.79. The molecule has 1 aliphatic rings. The van der Waals surface area contributed by atoms with E-state index in [1.54, 1.807) is 0 Å². The molecule has 0 bridgehead atoms. The van der Waals surface area contributed by atoms with E-state index in [0.29, 0.717) is 0 Å². The van der Waals surface area contributed by atoms with Crippen LogP contribution in [-0.2, 0) is 4.74 Å². The largest absolute Gasteiger partial charge is 0.393 e. The van der Waals surface area contributed by atoms with Gasteiger partial charge < -0.3 is 9.84 Å². The van der Waals surface area contributed by atoms with Gasteiger partial charge in [-0.25, -0.2) is 0 Å². The Morgan fingerprint density at radius 1 is 1.71 bits per heavy atom. The Morgan fingerprint density at radius 2 is 2.14 bits per heavy atom. The van der Waals surface area contributed by atoms with E-state index in [4.69, 9.17) is 16.6 Å². The SMILES string of the molecule is NC1(N)OC1CO. The monoisotopic (exact) mass is 104 g/mol. The van der Waals surface area contributed by atoms with Crippen molar-refractivity contribution in [2.24, 2.45) is 11.5 Å². The third-order valence-corrected chi connectivity index (χ3v) is 0.958. The molecular formula is C3H8N2O2. The van der Waals surface area contributed by atoms with Crippen molar-refractivity contribution >= 4 is 0 Å². The Balaban J connectivity index is 2.30. The Labute approximate surface area is 41.1 Å². The molecule has 1 heterocycles. The van der Waals surface area contributed by atoms with Crippen molar-refractivity contribution in [1.82, 2.24) is 0 Å². The van der Waals surface area contributed by atoms with Gasteiger partial charge in [-0.1, -0.05) is 0 Å². The number of epoxide rings is 1. The van der Waals surface area contributed by atoms with Crippen molar-refractivity contribution in [3.8, 4) is 0 Å². The van der Waals surface area contributed by atoms with Crippen LogP contribution in [0.3, 0.4) is 0 Å². The molecule has 0 aromatic heterocycles. The highest BCUT2D eigenvalue weighted by molar-refractivity contribution is 4.90. The lowest BCUT2D eigenvalue weighted by molar-refractivity contribution is 0.236. The van der Waals surface area contributed by atoms with Gasteiger partial charge >= 0.3 is 0 Å². The Kier molecular flexibility index (Phi) is 0.829. The summed E-state index contributed by atoms with van der Waals surface area (Å²) in [6.07, 6.45) is -0.340. The van der Waals surface area contributed by atoms with Gasteiger partial charge in [-0.05, 0) is 0 Å². The van der Waals surface area contributed by atoms with E-state index in [1.165, 1.54) is 0 Å². The predicted octanol–water partition coefficient (Wildman–Crippen LogP) is -2.05. The first kappa shape index (κ1) is 4.99. The van der Waals surface area contributed by atoms with Crippen LogP contribution in [0.4, 0.5) is 0 Å². The molecule has 0 amide bonds. The predicted molar refractivity (Wildman–Crippen MR) is 23.1 cm³/mol. The van der Waals surface area contributed by atoms with Crippen molar-refractivity contribution < 1.29 is 9.84 Å². The van der Waals surface area contributed by atoms with Crippen LogP contribution in [0.25, 0.3) is 0 Å². The van der Waals surface area contributed by atoms with Gasteiger partial charge in [0.05, 0.1) is 6.61 Å². The maximum atomic E-state index is 8.26. The average molecular weight is 104 g/mol. The highest BCUT2D eigenvalue weighted by Crippen LogP contribution is 2.23. The van der Waals surface area contributed by atoms with E-state index in [2.05, 4.69) is 4.74 Å². The van der Waals surface area contributed by atoms with Gasteiger partial charge in [0.2, 0.25) is 0 Å². The second-order valence-electron chi connectivity index (χ2n) is 1.64. The second-order valence-corrected chi connectivity index (χ2v) is 1.64. The van der Waals surface area contributed by atoms with Gasteiger partial charge in [0.15, 0.2) is 5.85 Å². The van der Waals surface area contributed by atoms with E-state index in [0.717, 1.165) is 0 Å². The third kappa shape index (κ3) is 0.733. The first-order valence-corrected chi connectivity index (χ1v) is 2.03. The summed E-state index contributed by atoms with van der Waals surface area (Å²) in [6.45, 7) is -0.0903. The summed E-state index contributed by atoms with van der Waals surface area (Å²) in [7, 11) is 0. The minimum atomic E-state index is -1.03. The minimum absolute atomic E-state index is 0.0903. The van der Waals surface area contributed by atoms with E-state index in [-0.39, 0.29) is 12.7 Å². The zero-order chi connectivity index (χ0) is 5.49. The first-order valence-electron chi connectivity index (χ1n) is 2.03. The van der Waals surface area contributed by atoms with Crippen LogP contribution >= 0.6 is 0 Å². The van der Waals surface area contributed by atoms with Crippen LogP contribution in [0.15, 0.2) is 0 Å². The maximum Gasteiger partial charge on any atom is 0.199 e. The van der Waals surface area contributed by atoms with Crippen molar-refractivity contribution in [3.63, 3.8) is 0 Å². The van der Waals surface area contributed by atoms with Crippen molar-refractivity contribution in [1.29, 1.82) is 0 Å². The Bertz CT molecular complexity index is 83.0. The first-order chi connectivity index (χ1) is 3.17. The van der Waals surface area contributed by atoms with Crippen LogP contribution in [0.5, 0.6) is 0 Å². The second kappa shape index (κ2) is 1.16. The van der Waals surface area contributed by atoms with Gasteiger partial charge in [0, 0.05) is 0 Å². The molecule has 1 atom stereocenters. The lowest BCUT2D eigenvalue weighted by Crippen LogP contribution is -2.38. The normalized spacial score (nSPS) is 35.6. The molecule has 7 heavy (non-hydrogen) atoms. The van der Waals surface area contributed by atoms with Gasteiger partial charge in [-0.15, -0.1) is 0 Å². The number of nitrogens with two attached hydrogens (primary N) is 2. The average Bonchev–Trinajstić information content (AvgIpc) is 2.13. The maximum absolute atomic E-state index is 8.26. The summed E-state index contributed by atoms with van der Waals surface area (Å²) in [6, 6.07) is 0. The fourth-order valence-electron chi connectivity index (χ4n) is 0.392. The fraction of sp³-hybridized carbons (Fsp3) is 1.00. The molecule has 1 unspecified atom stereocenters. The molecule has 4 nitrogen and oxygen atoms in total. The van der Waals surface area contributed by atoms with Crippen LogP contribution in [0.2, 0.25) is 0 Å². The third-order valence-electron chi connectivity index (χ3n) is 0.958. The highest BCUT2D eigenvalue weighted by atomic mass is 16.6. The summed E-state index contributed by atoms with van der Waals surface area (Å²) in [4.78, 5) is 0. The molecule has 1 fully saturated rings. The Hall–Kier alpha value is -0.160. The highest BCUT2D eigenvalue weighted by Gasteiger charge is 2.49. The summed E-state index contributed by atoms with van der Waals surface area (Å²) < 4.78 is 4.56. The minimum Gasteiger partial charge on any atom is -0.393 e. The molecule has 4 heteroatoms. The number of hydrogen-bond donors (Lipinski definition) is 3. The van der Waals surface area contributed by atoms with Gasteiger partial charge in [0.1, 0.15) is 6.10 Å². The molecule has 1 saturated heterocycles. The summed E-state index contributed by atoms with van der Waals surface area (Å²) in [5, 5.41) is 8.26. The van der Waals surface area contributed by atoms with Crippen LogP contribution < -0.4 is 11.5 Å². The molecule has 5 N–H and O–H groups in total. The van der Waals surface area contributed by atoms with E-state index in [1.807, 2.05) is 0 Å². The van der Waals surface area contributed by atoms with Crippen molar-refractivity contribution in [2.75, 3.05) is 6.61 Å². The van der Waals surface area contributed by atoms with Crippen LogP contribution in [0, 0.1) is 0 Å². The zero-order valence-electron chi connectivity index (χ0n) is 3.79. The van der Waals surface area contributed by atoms with Gasteiger partial charge in [-0.3, -0.25) is 11.5 Å². The van der Waals surface area contributed by atoms with E-state index < -0.39 is 5.85 Å². The lowest BCUT2D eigenvalue weighted by Gasteiger charge is -1.89. The number of rotatable bonds is 1. The summed E-state index contributed by atoms with van der Waals surface area (Å²) in [5.41, 5.74) is 10.2. The van der Waals surface area contributed by atoms with Crippen LogP contribution in [0.1, 0.15) is 0 Å². The van der Waals surface area contributed by atoms with Gasteiger partial charge in [0.25, 0.3) is 0 Å². The topological polar surface area (TPSA) is 84.8 Å². The lowest BCUT2D eigenvalue weighted by atomic mass is 10.4. The Morgan fingerprint density at radius 3 is 2.14 bits per heavy atom. The molecular weight excluding hydrogens is 96.0 g/mol. The van der Waals surface area contributed by atoms with E-state index in [9.17, 15) is 0 Å². The molecule has 0 spiro atoms.